The zero-order valence-corrected chi connectivity index (χ0v) is 8.30. The molecule has 0 heterocycles. The summed E-state index contributed by atoms with van der Waals surface area (Å²) in [5.74, 6) is -0.512. The molecular weight excluding hydrogens is 205 g/mol. The maximum atomic E-state index is 12.6. The molecule has 14 heavy (non-hydrogen) atoms. The quantitative estimate of drug-likeness (QED) is 0.766. The van der Waals surface area contributed by atoms with Crippen molar-refractivity contribution in [2.45, 2.75) is 6.04 Å². The van der Waals surface area contributed by atoms with E-state index in [0.717, 1.165) is 5.56 Å². The van der Waals surface area contributed by atoms with Gasteiger partial charge in [0.05, 0.1) is 6.04 Å². The average molecular weight is 216 g/mol. The van der Waals surface area contributed by atoms with Crippen molar-refractivity contribution in [1.29, 1.82) is 0 Å². The van der Waals surface area contributed by atoms with Crippen LogP contribution in [-0.2, 0) is 4.79 Å². The van der Waals surface area contributed by atoms with E-state index < -0.39 is 12.7 Å². The number of carbonyl (C=O) groups excluding carboxylic acids is 1. The number of hydrogen-bond acceptors (Lipinski definition) is 1. The fourth-order valence-corrected chi connectivity index (χ4v) is 1.21. The maximum absolute atomic E-state index is 12.6. The topological polar surface area (TPSA) is 29.1 Å². The Morgan fingerprint density at radius 3 is 2.57 bits per heavy atom. The van der Waals surface area contributed by atoms with E-state index in [1.807, 2.05) is 6.07 Å². The molecule has 0 saturated heterocycles. The normalized spacial score (nSPS) is 12.1. The third-order valence-electron chi connectivity index (χ3n) is 1.81. The van der Waals surface area contributed by atoms with Gasteiger partial charge in [-0.15, -0.1) is 11.6 Å². The molecule has 0 bridgehead atoms. The molecule has 0 aliphatic heterocycles. The second-order valence-electron chi connectivity index (χ2n) is 2.82. The highest BCUT2D eigenvalue weighted by Crippen LogP contribution is 2.12. The number of hydrogen-bond donors (Lipinski definition) is 1. The van der Waals surface area contributed by atoms with Gasteiger partial charge < -0.3 is 5.32 Å². The summed E-state index contributed by atoms with van der Waals surface area (Å²) in [6.07, 6.45) is 0. The van der Waals surface area contributed by atoms with Gasteiger partial charge in [-0.3, -0.25) is 4.79 Å². The summed E-state index contributed by atoms with van der Waals surface area (Å²) in [4.78, 5) is 10.9. The van der Waals surface area contributed by atoms with Crippen LogP contribution in [0.15, 0.2) is 30.3 Å². The largest absolute Gasteiger partial charge is 0.346 e. The maximum Gasteiger partial charge on any atom is 0.235 e. The molecule has 4 heteroatoms. The molecule has 0 aromatic heterocycles. The summed E-state index contributed by atoms with van der Waals surface area (Å²) in [7, 11) is 0. The van der Waals surface area contributed by atoms with E-state index in [9.17, 15) is 9.18 Å². The van der Waals surface area contributed by atoms with Crippen LogP contribution in [0.4, 0.5) is 4.39 Å². The highest BCUT2D eigenvalue weighted by Gasteiger charge is 2.12. The second kappa shape index (κ2) is 5.60. The Balaban J connectivity index is 2.68. The summed E-state index contributed by atoms with van der Waals surface area (Å²) in [6, 6.07) is 8.36. The van der Waals surface area contributed by atoms with Crippen LogP contribution in [0.3, 0.4) is 0 Å². The Bertz CT molecular complexity index is 291. The molecule has 0 fully saturated rings. The lowest BCUT2D eigenvalue weighted by atomic mass is 10.1. The number of rotatable bonds is 4. The molecule has 1 N–H and O–H groups in total. The van der Waals surface area contributed by atoms with E-state index in [4.69, 9.17) is 11.6 Å². The number of nitrogens with one attached hydrogen (secondary N) is 1. The van der Waals surface area contributed by atoms with E-state index in [0.29, 0.717) is 0 Å². The lowest BCUT2D eigenvalue weighted by molar-refractivity contribution is -0.119. The Kier molecular flexibility index (Phi) is 4.40. The van der Waals surface area contributed by atoms with E-state index >= 15 is 0 Å². The monoisotopic (exact) mass is 215 g/mol. The molecule has 0 spiro atoms. The molecule has 2 nitrogen and oxygen atoms in total. The molecule has 0 unspecified atom stereocenters. The fraction of sp³-hybridized carbons (Fsp3) is 0.300. The molecule has 0 aliphatic rings. The van der Waals surface area contributed by atoms with E-state index in [1.54, 1.807) is 24.3 Å². The smallest absolute Gasteiger partial charge is 0.235 e. The third kappa shape index (κ3) is 3.00. The molecule has 76 valence electrons. The van der Waals surface area contributed by atoms with Crippen LogP contribution in [0.2, 0.25) is 0 Å². The van der Waals surface area contributed by atoms with Gasteiger partial charge in [0.1, 0.15) is 12.6 Å². The lowest BCUT2D eigenvalue weighted by Crippen LogP contribution is -2.30. The van der Waals surface area contributed by atoms with Crippen molar-refractivity contribution < 1.29 is 9.18 Å². The Labute approximate surface area is 87.1 Å². The minimum absolute atomic E-state index is 0.149. The number of halogens is 2. The molecular formula is C10H11ClFNO. The SMILES string of the molecule is O=C(CCl)N[C@@H](CF)c1ccccc1. The molecule has 1 atom stereocenters. The standard InChI is InChI=1S/C10H11ClFNO/c11-6-10(14)13-9(7-12)8-4-2-1-3-5-8/h1-5,9H,6-7H2,(H,13,14)/t9-/m0/s1. The van der Waals surface area contributed by atoms with E-state index in [1.165, 1.54) is 0 Å². The first-order valence-corrected chi connectivity index (χ1v) is 4.77. The Hall–Kier alpha value is -1.09. The lowest BCUT2D eigenvalue weighted by Gasteiger charge is -2.14. The van der Waals surface area contributed by atoms with Crippen LogP contribution in [0.25, 0.3) is 0 Å². The zero-order valence-electron chi connectivity index (χ0n) is 7.54. The number of benzene rings is 1. The highest BCUT2D eigenvalue weighted by atomic mass is 35.5. The molecule has 1 rings (SSSR count). The minimum atomic E-state index is -0.632. The molecule has 1 aromatic rings. The summed E-state index contributed by atoms with van der Waals surface area (Å²) in [6.45, 7) is -0.632. The number of alkyl halides is 2. The minimum Gasteiger partial charge on any atom is -0.346 e. The first-order chi connectivity index (χ1) is 6.77. The van der Waals surface area contributed by atoms with Gasteiger partial charge in [0, 0.05) is 0 Å². The van der Waals surface area contributed by atoms with Crippen LogP contribution < -0.4 is 5.32 Å². The van der Waals surface area contributed by atoms with E-state index in [-0.39, 0.29) is 11.8 Å². The predicted octanol–water partition coefficient (Wildman–Crippen LogP) is 2.05. The van der Waals surface area contributed by atoms with Gasteiger partial charge in [-0.2, -0.15) is 0 Å². The van der Waals surface area contributed by atoms with Gasteiger partial charge in [0.2, 0.25) is 5.91 Å². The van der Waals surface area contributed by atoms with Crippen LogP contribution in [0, 0.1) is 0 Å². The van der Waals surface area contributed by atoms with Crippen molar-refractivity contribution in [3.8, 4) is 0 Å². The molecule has 0 radical (unpaired) electrons. The van der Waals surface area contributed by atoms with Gasteiger partial charge in [0.15, 0.2) is 0 Å². The van der Waals surface area contributed by atoms with Crippen LogP contribution >= 0.6 is 11.6 Å². The van der Waals surface area contributed by atoms with Gasteiger partial charge >= 0.3 is 0 Å². The van der Waals surface area contributed by atoms with Crippen molar-refractivity contribution in [3.05, 3.63) is 35.9 Å². The van der Waals surface area contributed by atoms with Gasteiger partial charge in [-0.05, 0) is 5.56 Å². The third-order valence-corrected chi connectivity index (χ3v) is 2.06. The van der Waals surface area contributed by atoms with Crippen LogP contribution in [0.1, 0.15) is 11.6 Å². The van der Waals surface area contributed by atoms with Crippen molar-refractivity contribution in [2.24, 2.45) is 0 Å². The molecule has 1 aromatic carbocycles. The molecule has 0 saturated carbocycles. The van der Waals surface area contributed by atoms with Gasteiger partial charge in [0.25, 0.3) is 0 Å². The van der Waals surface area contributed by atoms with E-state index in [2.05, 4.69) is 5.32 Å². The Morgan fingerprint density at radius 1 is 1.43 bits per heavy atom. The van der Waals surface area contributed by atoms with Crippen molar-refractivity contribution in [3.63, 3.8) is 0 Å². The van der Waals surface area contributed by atoms with Crippen LogP contribution in [-0.4, -0.2) is 18.5 Å². The first kappa shape index (κ1) is 11.0. The second-order valence-corrected chi connectivity index (χ2v) is 3.09. The summed E-state index contributed by atoms with van der Waals surface area (Å²) in [5.41, 5.74) is 0.744. The van der Waals surface area contributed by atoms with Crippen LogP contribution in [0.5, 0.6) is 0 Å². The highest BCUT2D eigenvalue weighted by molar-refractivity contribution is 6.27. The number of carbonyl (C=O) groups is 1. The molecule has 1 amide bonds. The number of amides is 1. The summed E-state index contributed by atoms with van der Waals surface area (Å²) >= 11 is 5.31. The Morgan fingerprint density at radius 2 is 2.07 bits per heavy atom. The predicted molar refractivity (Wildman–Crippen MR) is 54.0 cm³/mol. The zero-order chi connectivity index (χ0) is 10.4. The van der Waals surface area contributed by atoms with Crippen molar-refractivity contribution >= 4 is 17.5 Å². The fourth-order valence-electron chi connectivity index (χ4n) is 1.13. The van der Waals surface area contributed by atoms with Gasteiger partial charge in [-0.25, -0.2) is 4.39 Å². The van der Waals surface area contributed by atoms with Gasteiger partial charge in [-0.1, -0.05) is 30.3 Å². The molecule has 0 aliphatic carbocycles. The summed E-state index contributed by atoms with van der Waals surface area (Å²) < 4.78 is 12.6. The summed E-state index contributed by atoms with van der Waals surface area (Å²) in [5, 5.41) is 2.49. The van der Waals surface area contributed by atoms with Crippen molar-refractivity contribution in [1.82, 2.24) is 5.32 Å². The average Bonchev–Trinajstić information content (AvgIpc) is 2.26. The first-order valence-electron chi connectivity index (χ1n) is 4.24. The van der Waals surface area contributed by atoms with Crippen molar-refractivity contribution in [2.75, 3.05) is 12.6 Å².